The highest BCUT2D eigenvalue weighted by molar-refractivity contribution is 7.89. The highest BCUT2D eigenvalue weighted by Gasteiger charge is 2.35. The summed E-state index contributed by atoms with van der Waals surface area (Å²) in [4.78, 5) is 16.8. The highest BCUT2D eigenvalue weighted by atomic mass is 32.2. The summed E-state index contributed by atoms with van der Waals surface area (Å²) in [5.74, 6) is -0.705. The van der Waals surface area contributed by atoms with E-state index in [0.29, 0.717) is 23.4 Å². The number of halogens is 3. The molecule has 0 spiro atoms. The number of hydrogen-bond acceptors (Lipinski definition) is 5. The zero-order chi connectivity index (χ0) is 23.7. The zero-order valence-corrected chi connectivity index (χ0v) is 18.4. The van der Waals surface area contributed by atoms with E-state index >= 15 is 0 Å². The summed E-state index contributed by atoms with van der Waals surface area (Å²) in [5.41, 5.74) is 0.149. The number of carbonyl (C=O) groups is 1. The number of aliphatic carboxylic acids is 1. The third-order valence-corrected chi connectivity index (χ3v) is 7.39. The van der Waals surface area contributed by atoms with Crippen molar-refractivity contribution >= 4 is 21.8 Å². The molecule has 0 bridgehead atoms. The smallest absolute Gasteiger partial charge is 0.417 e. The molecule has 1 unspecified atom stereocenters. The van der Waals surface area contributed by atoms with Crippen LogP contribution in [0, 0.1) is 0 Å². The Labute approximate surface area is 184 Å². The van der Waals surface area contributed by atoms with Crippen molar-refractivity contribution in [3.05, 3.63) is 53.2 Å². The minimum atomic E-state index is -4.48. The number of anilines is 1. The first kappa shape index (κ1) is 24.0. The minimum absolute atomic E-state index is 0.0899. The molecule has 1 saturated heterocycles. The van der Waals surface area contributed by atoms with Crippen LogP contribution in [-0.4, -0.2) is 54.5 Å². The average Bonchev–Trinajstić information content (AvgIpc) is 2.72. The van der Waals surface area contributed by atoms with E-state index < -0.39 is 27.7 Å². The Morgan fingerprint density at radius 3 is 2.47 bits per heavy atom. The first-order valence-corrected chi connectivity index (χ1v) is 11.5. The summed E-state index contributed by atoms with van der Waals surface area (Å²) in [7, 11) is -3.88. The number of alkyl halides is 3. The normalized spacial score (nSPS) is 18.0. The topological polar surface area (TPSA) is 90.8 Å². The summed E-state index contributed by atoms with van der Waals surface area (Å²) in [6.07, 6.45) is -3.52. The fraction of sp³-hybridized carbons (Fsp3) is 0.429. The van der Waals surface area contributed by atoms with Crippen molar-refractivity contribution < 1.29 is 31.5 Å². The second-order valence-corrected chi connectivity index (χ2v) is 9.58. The Kier molecular flexibility index (Phi) is 6.80. The molecule has 3 rings (SSSR count). The Morgan fingerprint density at radius 2 is 1.94 bits per heavy atom. The standard InChI is InChI=1S/C21H24F3N3O4S/c1-3-16-5-4-15(11-20(28)29)10-18(16)32(30,31)26-8-9-27(14(2)13-26)19-7-6-17(12-25-19)21(22,23)24/h4-7,10,12,14H,3,8-9,11,13H2,1-2H3,(H,28,29). The van der Waals surface area contributed by atoms with E-state index in [1.807, 2.05) is 6.92 Å². The summed E-state index contributed by atoms with van der Waals surface area (Å²) >= 11 is 0. The fourth-order valence-electron chi connectivity index (χ4n) is 3.76. The SMILES string of the molecule is CCc1ccc(CC(=O)O)cc1S(=O)(=O)N1CCN(c2ccc(C(F)(F)F)cn2)C(C)C1. The number of carboxylic acid groups (broad SMARTS) is 1. The lowest BCUT2D eigenvalue weighted by atomic mass is 10.1. The summed E-state index contributed by atoms with van der Waals surface area (Å²) in [5, 5.41) is 9.04. The van der Waals surface area contributed by atoms with Gasteiger partial charge in [0.25, 0.3) is 0 Å². The molecule has 7 nitrogen and oxygen atoms in total. The van der Waals surface area contributed by atoms with Crippen LogP contribution >= 0.6 is 0 Å². The first-order valence-electron chi connectivity index (χ1n) is 10.1. The van der Waals surface area contributed by atoms with Gasteiger partial charge in [-0.3, -0.25) is 4.79 Å². The maximum Gasteiger partial charge on any atom is 0.417 e. The van der Waals surface area contributed by atoms with E-state index in [4.69, 9.17) is 5.11 Å². The van der Waals surface area contributed by atoms with Gasteiger partial charge in [0.05, 0.1) is 16.9 Å². The molecule has 11 heteroatoms. The molecule has 1 atom stereocenters. The summed E-state index contributed by atoms with van der Waals surface area (Å²) in [6, 6.07) is 6.58. The number of carboxylic acids is 1. The van der Waals surface area contributed by atoms with Gasteiger partial charge in [-0.05, 0) is 42.7 Å². The van der Waals surface area contributed by atoms with E-state index in [0.717, 1.165) is 12.3 Å². The van der Waals surface area contributed by atoms with E-state index in [2.05, 4.69) is 4.98 Å². The molecule has 1 N–H and O–H groups in total. The van der Waals surface area contributed by atoms with Crippen molar-refractivity contribution in [2.24, 2.45) is 0 Å². The molecule has 2 heterocycles. The molecule has 0 saturated carbocycles. The van der Waals surface area contributed by atoms with Crippen LogP contribution in [0.2, 0.25) is 0 Å². The van der Waals surface area contributed by atoms with Gasteiger partial charge in [-0.25, -0.2) is 13.4 Å². The Bertz CT molecular complexity index is 1090. The number of rotatable bonds is 6. The number of sulfonamides is 1. The summed E-state index contributed by atoms with van der Waals surface area (Å²) in [6.45, 7) is 4.11. The van der Waals surface area contributed by atoms with Crippen LogP contribution < -0.4 is 4.90 Å². The molecule has 1 aliphatic rings. The number of aromatic nitrogens is 1. The maximum atomic E-state index is 13.4. The Balaban J connectivity index is 1.82. The first-order chi connectivity index (χ1) is 14.9. The third kappa shape index (κ3) is 5.04. The van der Waals surface area contributed by atoms with Crippen LogP contribution in [0.1, 0.15) is 30.5 Å². The van der Waals surface area contributed by atoms with Crippen LogP contribution in [-0.2, 0) is 33.8 Å². The molecular formula is C21H24F3N3O4S. The molecule has 0 radical (unpaired) electrons. The van der Waals surface area contributed by atoms with Crippen LogP contribution in [0.4, 0.5) is 19.0 Å². The van der Waals surface area contributed by atoms with Gasteiger partial charge in [-0.1, -0.05) is 19.1 Å². The predicted octanol–water partition coefficient (Wildman–Crippen LogP) is 3.19. The molecule has 0 amide bonds. The van der Waals surface area contributed by atoms with Gasteiger partial charge in [0.15, 0.2) is 0 Å². The van der Waals surface area contributed by atoms with Crippen molar-refractivity contribution in [1.29, 1.82) is 0 Å². The Morgan fingerprint density at radius 1 is 1.22 bits per heavy atom. The lowest BCUT2D eigenvalue weighted by Crippen LogP contribution is -2.54. The molecule has 32 heavy (non-hydrogen) atoms. The van der Waals surface area contributed by atoms with E-state index in [1.165, 1.54) is 16.4 Å². The number of hydrogen-bond donors (Lipinski definition) is 1. The third-order valence-electron chi connectivity index (χ3n) is 5.45. The lowest BCUT2D eigenvalue weighted by molar-refractivity contribution is -0.138. The number of aryl methyl sites for hydroxylation is 1. The molecule has 0 aliphatic carbocycles. The van der Waals surface area contributed by atoms with Crippen molar-refractivity contribution in [2.45, 2.75) is 43.8 Å². The monoisotopic (exact) mass is 471 g/mol. The molecule has 174 valence electrons. The maximum absolute atomic E-state index is 13.4. The molecule has 2 aromatic rings. The van der Waals surface area contributed by atoms with Gasteiger partial charge in [0.1, 0.15) is 5.82 Å². The van der Waals surface area contributed by atoms with Crippen molar-refractivity contribution in [3.8, 4) is 0 Å². The van der Waals surface area contributed by atoms with Crippen LogP contribution in [0.3, 0.4) is 0 Å². The van der Waals surface area contributed by atoms with Gasteiger partial charge in [-0.15, -0.1) is 0 Å². The quantitative estimate of drug-likeness (QED) is 0.696. The largest absolute Gasteiger partial charge is 0.481 e. The second kappa shape index (κ2) is 9.07. The van der Waals surface area contributed by atoms with Gasteiger partial charge in [0, 0.05) is 31.9 Å². The number of nitrogens with zero attached hydrogens (tertiary/aromatic N) is 3. The molecule has 1 aliphatic heterocycles. The molecule has 1 fully saturated rings. The van der Waals surface area contributed by atoms with Crippen molar-refractivity contribution in [2.75, 3.05) is 24.5 Å². The van der Waals surface area contributed by atoms with Gasteiger partial charge < -0.3 is 10.0 Å². The molecule has 1 aromatic carbocycles. The zero-order valence-electron chi connectivity index (χ0n) is 17.6. The van der Waals surface area contributed by atoms with Crippen LogP contribution in [0.25, 0.3) is 0 Å². The molecule has 1 aromatic heterocycles. The number of pyridine rings is 1. The van der Waals surface area contributed by atoms with Crippen molar-refractivity contribution in [3.63, 3.8) is 0 Å². The van der Waals surface area contributed by atoms with Crippen LogP contribution in [0.5, 0.6) is 0 Å². The average molecular weight is 472 g/mol. The van der Waals surface area contributed by atoms with E-state index in [9.17, 15) is 26.4 Å². The summed E-state index contributed by atoms with van der Waals surface area (Å²) < 4.78 is 66.4. The highest BCUT2D eigenvalue weighted by Crippen LogP contribution is 2.31. The van der Waals surface area contributed by atoms with Gasteiger partial charge >= 0.3 is 12.1 Å². The van der Waals surface area contributed by atoms with Gasteiger partial charge in [-0.2, -0.15) is 17.5 Å². The number of benzene rings is 1. The van der Waals surface area contributed by atoms with E-state index in [-0.39, 0.29) is 37.0 Å². The van der Waals surface area contributed by atoms with Crippen molar-refractivity contribution in [1.82, 2.24) is 9.29 Å². The fourth-order valence-corrected chi connectivity index (χ4v) is 5.62. The molecular weight excluding hydrogens is 447 g/mol. The number of piperazine rings is 1. The second-order valence-electron chi connectivity index (χ2n) is 7.67. The predicted molar refractivity (Wildman–Crippen MR) is 112 cm³/mol. The lowest BCUT2D eigenvalue weighted by Gasteiger charge is -2.40. The van der Waals surface area contributed by atoms with Gasteiger partial charge in [0.2, 0.25) is 10.0 Å². The minimum Gasteiger partial charge on any atom is -0.481 e. The van der Waals surface area contributed by atoms with Crippen LogP contribution in [0.15, 0.2) is 41.4 Å². The Hall–Kier alpha value is -2.66. The van der Waals surface area contributed by atoms with E-state index in [1.54, 1.807) is 24.0 Å².